The Morgan fingerprint density at radius 3 is 2.52 bits per heavy atom. The molecule has 0 spiro atoms. The molecule has 1 aromatic rings. The number of carbonyl (C=O) groups is 1. The SMILES string of the molecule is O=C(O)C(OC1CC(n2ccc(=O)[nH]c2=O)C1)P(=O)(O)O. The van der Waals surface area contributed by atoms with Crippen LogP contribution in [0.15, 0.2) is 21.9 Å². The third kappa shape index (κ3) is 3.48. The molecule has 0 saturated heterocycles. The minimum Gasteiger partial charge on any atom is -0.479 e. The zero-order valence-electron chi connectivity index (χ0n) is 10.6. The average Bonchev–Trinajstić information content (AvgIpc) is 2.26. The van der Waals surface area contributed by atoms with Crippen molar-refractivity contribution in [2.24, 2.45) is 0 Å². The molecule has 0 radical (unpaired) electrons. The van der Waals surface area contributed by atoms with Crippen molar-refractivity contribution >= 4 is 13.6 Å². The van der Waals surface area contributed by atoms with Crippen LogP contribution < -0.4 is 11.2 Å². The first-order valence-electron chi connectivity index (χ1n) is 5.93. The summed E-state index contributed by atoms with van der Waals surface area (Å²) in [6.45, 7) is 0. The lowest BCUT2D eigenvalue weighted by Gasteiger charge is -2.37. The minimum absolute atomic E-state index is 0.218. The molecule has 11 heteroatoms. The standard InChI is InChI=1S/C10H13N2O8P/c13-7-1-2-12(10(16)11-7)5-3-6(4-5)20-9(8(14)15)21(17,18)19/h1-2,5-6,9H,3-4H2,(H,14,15)(H,11,13,16)(H2,17,18,19). The summed E-state index contributed by atoms with van der Waals surface area (Å²) in [7, 11) is -4.91. The number of nitrogens with zero attached hydrogens (tertiary/aromatic N) is 1. The molecule has 0 bridgehead atoms. The van der Waals surface area contributed by atoms with Gasteiger partial charge in [0.15, 0.2) is 0 Å². The third-order valence-corrected chi connectivity index (χ3v) is 4.11. The Morgan fingerprint density at radius 1 is 1.43 bits per heavy atom. The van der Waals surface area contributed by atoms with Crippen LogP contribution in [0.2, 0.25) is 0 Å². The molecule has 2 rings (SSSR count). The first-order chi connectivity index (χ1) is 9.68. The van der Waals surface area contributed by atoms with Gasteiger partial charge in [-0.25, -0.2) is 9.59 Å². The number of hydrogen-bond donors (Lipinski definition) is 4. The summed E-state index contributed by atoms with van der Waals surface area (Å²) >= 11 is 0. The van der Waals surface area contributed by atoms with Gasteiger partial charge in [-0.1, -0.05) is 0 Å². The lowest BCUT2D eigenvalue weighted by atomic mass is 9.89. The third-order valence-electron chi connectivity index (χ3n) is 3.15. The van der Waals surface area contributed by atoms with Gasteiger partial charge in [-0.2, -0.15) is 0 Å². The van der Waals surface area contributed by atoms with Crippen LogP contribution >= 0.6 is 7.60 Å². The Hall–Kier alpha value is -1.74. The van der Waals surface area contributed by atoms with E-state index >= 15 is 0 Å². The second-order valence-electron chi connectivity index (χ2n) is 4.68. The number of nitrogens with one attached hydrogen (secondary N) is 1. The van der Waals surface area contributed by atoms with Gasteiger partial charge in [0.25, 0.3) is 11.4 Å². The molecule has 0 aliphatic heterocycles. The van der Waals surface area contributed by atoms with E-state index in [9.17, 15) is 18.9 Å². The summed E-state index contributed by atoms with van der Waals surface area (Å²) in [6.07, 6.45) is 1.06. The predicted molar refractivity (Wildman–Crippen MR) is 67.9 cm³/mol. The van der Waals surface area contributed by atoms with E-state index < -0.39 is 36.8 Å². The Bertz CT molecular complexity index is 697. The summed E-state index contributed by atoms with van der Waals surface area (Å²) in [6, 6.07) is 0.858. The summed E-state index contributed by atoms with van der Waals surface area (Å²) in [5.74, 6) is -3.95. The fraction of sp³-hybridized carbons (Fsp3) is 0.500. The molecule has 1 unspecified atom stereocenters. The van der Waals surface area contributed by atoms with Crippen LogP contribution in [0, 0.1) is 0 Å². The molecule has 1 aliphatic rings. The van der Waals surface area contributed by atoms with Gasteiger partial charge >= 0.3 is 19.3 Å². The van der Waals surface area contributed by atoms with Crippen molar-refractivity contribution in [1.82, 2.24) is 9.55 Å². The number of ether oxygens (including phenoxy) is 1. The molecule has 1 aliphatic carbocycles. The predicted octanol–water partition coefficient (Wildman–Crippen LogP) is -1.15. The van der Waals surface area contributed by atoms with Crippen LogP contribution in [0.3, 0.4) is 0 Å². The quantitative estimate of drug-likeness (QED) is 0.495. The maximum Gasteiger partial charge on any atom is 0.365 e. The Morgan fingerprint density at radius 2 is 2.05 bits per heavy atom. The highest BCUT2D eigenvalue weighted by atomic mass is 31.2. The largest absolute Gasteiger partial charge is 0.479 e. The van der Waals surface area contributed by atoms with E-state index in [1.165, 1.54) is 16.8 Å². The number of H-pyrrole nitrogens is 1. The summed E-state index contributed by atoms with van der Waals surface area (Å²) in [4.78, 5) is 53.0. The summed E-state index contributed by atoms with van der Waals surface area (Å²) in [5, 5.41) is 8.72. The van der Waals surface area contributed by atoms with Crippen molar-refractivity contribution in [3.63, 3.8) is 0 Å². The zero-order valence-corrected chi connectivity index (χ0v) is 11.5. The smallest absolute Gasteiger partial charge is 0.365 e. The van der Waals surface area contributed by atoms with Crippen molar-refractivity contribution in [2.45, 2.75) is 30.8 Å². The summed E-state index contributed by atoms with van der Waals surface area (Å²) in [5.41, 5.74) is -1.13. The van der Waals surface area contributed by atoms with E-state index in [4.69, 9.17) is 19.6 Å². The lowest BCUT2D eigenvalue weighted by molar-refractivity contribution is -0.152. The Kier molecular flexibility index (Phi) is 4.15. The molecule has 10 nitrogen and oxygen atoms in total. The Balaban J connectivity index is 2.01. The number of carboxylic acid groups (broad SMARTS) is 1. The van der Waals surface area contributed by atoms with Crippen molar-refractivity contribution < 1.29 is 29.0 Å². The highest BCUT2D eigenvalue weighted by molar-refractivity contribution is 7.53. The number of rotatable bonds is 5. The number of aromatic amines is 1. The van der Waals surface area contributed by atoms with Gasteiger partial charge in [0.1, 0.15) is 0 Å². The molecule has 0 aromatic carbocycles. The lowest BCUT2D eigenvalue weighted by Crippen LogP contribution is -2.42. The fourth-order valence-electron chi connectivity index (χ4n) is 2.05. The molecule has 1 heterocycles. The van der Waals surface area contributed by atoms with Crippen LogP contribution in [-0.4, -0.2) is 42.4 Å². The van der Waals surface area contributed by atoms with Crippen LogP contribution in [0.1, 0.15) is 18.9 Å². The second-order valence-corrected chi connectivity index (χ2v) is 6.33. The van der Waals surface area contributed by atoms with Crippen LogP contribution in [0.4, 0.5) is 0 Å². The molecule has 1 fully saturated rings. The van der Waals surface area contributed by atoms with Gasteiger partial charge < -0.3 is 19.6 Å². The van der Waals surface area contributed by atoms with E-state index in [2.05, 4.69) is 4.98 Å². The summed E-state index contributed by atoms with van der Waals surface area (Å²) < 4.78 is 17.1. The second kappa shape index (κ2) is 5.57. The van der Waals surface area contributed by atoms with Crippen molar-refractivity contribution in [2.75, 3.05) is 0 Å². The van der Waals surface area contributed by atoms with Crippen LogP contribution in [-0.2, 0) is 14.1 Å². The molecule has 116 valence electrons. The van der Waals surface area contributed by atoms with E-state index in [0.29, 0.717) is 0 Å². The highest BCUT2D eigenvalue weighted by Gasteiger charge is 2.42. The van der Waals surface area contributed by atoms with Gasteiger partial charge in [-0.15, -0.1) is 0 Å². The fourth-order valence-corrected chi connectivity index (χ4v) is 2.67. The van der Waals surface area contributed by atoms with Crippen LogP contribution in [0.25, 0.3) is 0 Å². The number of carboxylic acids is 1. The molecular formula is C10H13N2O8P. The Labute approximate surface area is 117 Å². The van der Waals surface area contributed by atoms with E-state index in [-0.39, 0.29) is 18.9 Å². The monoisotopic (exact) mass is 320 g/mol. The maximum atomic E-state index is 11.5. The number of aliphatic carboxylic acids is 1. The van der Waals surface area contributed by atoms with Gasteiger partial charge in [0, 0.05) is 18.3 Å². The minimum atomic E-state index is -4.91. The van der Waals surface area contributed by atoms with E-state index in [0.717, 1.165) is 0 Å². The zero-order chi connectivity index (χ0) is 15.8. The first kappa shape index (κ1) is 15.6. The average molecular weight is 320 g/mol. The molecular weight excluding hydrogens is 307 g/mol. The molecule has 1 atom stereocenters. The van der Waals surface area contributed by atoms with Crippen molar-refractivity contribution in [3.8, 4) is 0 Å². The van der Waals surface area contributed by atoms with Crippen molar-refractivity contribution in [1.29, 1.82) is 0 Å². The number of aromatic nitrogens is 2. The highest BCUT2D eigenvalue weighted by Crippen LogP contribution is 2.45. The first-order valence-corrected chi connectivity index (χ1v) is 7.61. The molecule has 21 heavy (non-hydrogen) atoms. The van der Waals surface area contributed by atoms with E-state index in [1.807, 2.05) is 0 Å². The number of hydrogen-bond acceptors (Lipinski definition) is 5. The van der Waals surface area contributed by atoms with Gasteiger partial charge in [0.05, 0.1) is 6.10 Å². The molecule has 0 amide bonds. The molecule has 4 N–H and O–H groups in total. The van der Waals surface area contributed by atoms with Crippen LogP contribution in [0.5, 0.6) is 0 Å². The van der Waals surface area contributed by atoms with Gasteiger partial charge in [-0.3, -0.25) is 18.9 Å². The molecule has 1 aromatic heterocycles. The molecule has 1 saturated carbocycles. The van der Waals surface area contributed by atoms with Gasteiger partial charge in [0.2, 0.25) is 0 Å². The van der Waals surface area contributed by atoms with E-state index in [1.54, 1.807) is 0 Å². The maximum absolute atomic E-state index is 11.5. The normalized spacial score (nSPS) is 23.3. The van der Waals surface area contributed by atoms with Crippen molar-refractivity contribution in [3.05, 3.63) is 33.1 Å². The van der Waals surface area contributed by atoms with Gasteiger partial charge in [-0.05, 0) is 12.8 Å². The topological polar surface area (TPSA) is 159 Å².